The molecule has 0 aliphatic heterocycles. The van der Waals surface area contributed by atoms with Crippen LogP contribution in [0.3, 0.4) is 0 Å². The van der Waals surface area contributed by atoms with E-state index in [1.807, 2.05) is 12.1 Å². The molecule has 130 valence electrons. The van der Waals surface area contributed by atoms with E-state index < -0.39 is 0 Å². The van der Waals surface area contributed by atoms with Gasteiger partial charge in [-0.25, -0.2) is 4.39 Å². The summed E-state index contributed by atoms with van der Waals surface area (Å²) in [5.74, 6) is 1.98. The van der Waals surface area contributed by atoms with Gasteiger partial charge in [-0.05, 0) is 30.7 Å². The van der Waals surface area contributed by atoms with E-state index in [0.29, 0.717) is 18.2 Å². The van der Waals surface area contributed by atoms with Crippen LogP contribution in [0, 0.1) is 11.7 Å². The number of benzene rings is 1. The Morgan fingerprint density at radius 3 is 2.83 bits per heavy atom. The van der Waals surface area contributed by atoms with Crippen LogP contribution in [0.1, 0.15) is 25.2 Å². The minimum absolute atomic E-state index is 0.211. The van der Waals surface area contributed by atoms with Gasteiger partial charge >= 0.3 is 0 Å². The molecule has 0 radical (unpaired) electrons. The zero-order valence-electron chi connectivity index (χ0n) is 14.6. The van der Waals surface area contributed by atoms with Crippen molar-refractivity contribution in [3.05, 3.63) is 54.1 Å². The lowest BCUT2D eigenvalue weighted by Gasteiger charge is -2.18. The summed E-state index contributed by atoms with van der Waals surface area (Å²) in [7, 11) is 2.09. The molecule has 2 rings (SSSR count). The summed E-state index contributed by atoms with van der Waals surface area (Å²) >= 11 is 1.57. The maximum atomic E-state index is 13.3. The molecule has 24 heavy (non-hydrogen) atoms. The van der Waals surface area contributed by atoms with Crippen molar-refractivity contribution in [1.82, 2.24) is 19.7 Å². The van der Waals surface area contributed by atoms with Crippen LogP contribution in [0.5, 0.6) is 0 Å². The van der Waals surface area contributed by atoms with Crippen molar-refractivity contribution in [3.63, 3.8) is 0 Å². The average Bonchev–Trinajstić information content (AvgIpc) is 2.87. The topological polar surface area (TPSA) is 34.0 Å². The Labute approximate surface area is 147 Å². The summed E-state index contributed by atoms with van der Waals surface area (Å²) in [6.07, 6.45) is 1.85. The molecule has 0 saturated carbocycles. The molecule has 0 fully saturated rings. The largest absolute Gasteiger partial charge is 0.301 e. The first-order valence-electron chi connectivity index (χ1n) is 8.08. The molecule has 0 saturated heterocycles. The maximum Gasteiger partial charge on any atom is 0.191 e. The van der Waals surface area contributed by atoms with Gasteiger partial charge in [0.25, 0.3) is 0 Å². The van der Waals surface area contributed by atoms with Crippen molar-refractivity contribution in [1.29, 1.82) is 0 Å². The monoisotopic (exact) mass is 348 g/mol. The highest BCUT2D eigenvalue weighted by molar-refractivity contribution is 7.98. The number of halogens is 1. The van der Waals surface area contributed by atoms with E-state index in [0.717, 1.165) is 29.6 Å². The molecular formula is C18H25FN4S. The van der Waals surface area contributed by atoms with Crippen molar-refractivity contribution < 1.29 is 4.39 Å². The predicted octanol–water partition coefficient (Wildman–Crippen LogP) is 3.98. The predicted molar refractivity (Wildman–Crippen MR) is 97.4 cm³/mol. The summed E-state index contributed by atoms with van der Waals surface area (Å²) in [5.41, 5.74) is 0.937. The number of thioether (sulfide) groups is 1. The second kappa shape index (κ2) is 8.99. The molecule has 0 N–H and O–H groups in total. The third kappa shape index (κ3) is 5.46. The van der Waals surface area contributed by atoms with Crippen LogP contribution in [0.25, 0.3) is 0 Å². The van der Waals surface area contributed by atoms with Crippen molar-refractivity contribution in [2.24, 2.45) is 5.92 Å². The van der Waals surface area contributed by atoms with Crippen LogP contribution in [0.15, 0.2) is 42.1 Å². The second-order valence-electron chi connectivity index (χ2n) is 6.31. The SMILES string of the molecule is C=CCn1c(CN(C)CC(C)C)nnc1SCc1cccc(F)c1. The number of hydrogen-bond donors (Lipinski definition) is 0. The lowest BCUT2D eigenvalue weighted by atomic mass is 10.2. The molecule has 0 aliphatic rings. The number of rotatable bonds is 9. The van der Waals surface area contributed by atoms with E-state index in [2.05, 4.69) is 47.1 Å². The summed E-state index contributed by atoms with van der Waals surface area (Å²) in [5, 5.41) is 9.49. The van der Waals surface area contributed by atoms with E-state index in [1.165, 1.54) is 6.07 Å². The molecule has 0 atom stereocenters. The van der Waals surface area contributed by atoms with Crippen LogP contribution < -0.4 is 0 Å². The molecule has 1 aromatic heterocycles. The second-order valence-corrected chi connectivity index (χ2v) is 7.25. The molecule has 2 aromatic rings. The molecule has 4 nitrogen and oxygen atoms in total. The zero-order chi connectivity index (χ0) is 17.5. The van der Waals surface area contributed by atoms with Gasteiger partial charge in [-0.2, -0.15) is 0 Å². The van der Waals surface area contributed by atoms with Gasteiger partial charge in [-0.3, -0.25) is 4.90 Å². The fourth-order valence-electron chi connectivity index (χ4n) is 2.56. The Balaban J connectivity index is 2.08. The van der Waals surface area contributed by atoms with Gasteiger partial charge in [0, 0.05) is 18.8 Å². The van der Waals surface area contributed by atoms with Crippen LogP contribution in [0.4, 0.5) is 4.39 Å². The van der Waals surface area contributed by atoms with E-state index >= 15 is 0 Å². The van der Waals surface area contributed by atoms with Crippen LogP contribution in [0.2, 0.25) is 0 Å². The molecule has 0 spiro atoms. The van der Waals surface area contributed by atoms with Gasteiger partial charge in [-0.1, -0.05) is 43.8 Å². The maximum absolute atomic E-state index is 13.3. The van der Waals surface area contributed by atoms with Crippen molar-refractivity contribution >= 4 is 11.8 Å². The van der Waals surface area contributed by atoms with Crippen LogP contribution in [-0.2, 0) is 18.8 Å². The number of hydrogen-bond acceptors (Lipinski definition) is 4. The third-order valence-electron chi connectivity index (χ3n) is 3.45. The van der Waals surface area contributed by atoms with Gasteiger partial charge in [0.05, 0.1) is 6.54 Å². The third-order valence-corrected chi connectivity index (χ3v) is 4.49. The number of aromatic nitrogens is 3. The summed E-state index contributed by atoms with van der Waals surface area (Å²) in [6, 6.07) is 6.66. The van der Waals surface area contributed by atoms with E-state index in [1.54, 1.807) is 23.9 Å². The Kier molecular flexibility index (Phi) is 6.99. The lowest BCUT2D eigenvalue weighted by molar-refractivity contribution is 0.277. The highest BCUT2D eigenvalue weighted by Gasteiger charge is 2.14. The normalized spacial score (nSPS) is 11.4. The standard InChI is InChI=1S/C18H25FN4S/c1-5-9-23-17(12-22(4)11-14(2)3)20-21-18(23)24-13-15-7-6-8-16(19)10-15/h5-8,10,14H,1,9,11-13H2,2-4H3. The first-order chi connectivity index (χ1) is 11.5. The number of allylic oxidation sites excluding steroid dienone is 1. The molecule has 0 aliphatic carbocycles. The van der Waals surface area contributed by atoms with Gasteiger partial charge in [0.2, 0.25) is 0 Å². The quantitative estimate of drug-likeness (QED) is 0.507. The van der Waals surface area contributed by atoms with Crippen molar-refractivity contribution in [2.45, 2.75) is 37.8 Å². The summed E-state index contributed by atoms with van der Waals surface area (Å²) < 4.78 is 15.4. The molecule has 0 bridgehead atoms. The first kappa shape index (κ1) is 18.7. The van der Waals surface area contributed by atoms with E-state index in [4.69, 9.17) is 0 Å². The zero-order valence-corrected chi connectivity index (χ0v) is 15.4. The van der Waals surface area contributed by atoms with Gasteiger partial charge in [0.1, 0.15) is 11.6 Å². The lowest BCUT2D eigenvalue weighted by Crippen LogP contribution is -2.24. The molecule has 6 heteroatoms. The van der Waals surface area contributed by atoms with Crippen LogP contribution in [-0.4, -0.2) is 33.3 Å². The summed E-state index contributed by atoms with van der Waals surface area (Å²) in [4.78, 5) is 2.25. The average molecular weight is 348 g/mol. The Hall–Kier alpha value is -1.66. The Morgan fingerprint density at radius 2 is 2.17 bits per heavy atom. The van der Waals surface area contributed by atoms with Crippen molar-refractivity contribution in [3.8, 4) is 0 Å². The molecular weight excluding hydrogens is 323 g/mol. The molecule has 1 heterocycles. The van der Waals surface area contributed by atoms with E-state index in [9.17, 15) is 4.39 Å². The molecule has 1 aromatic carbocycles. The van der Waals surface area contributed by atoms with E-state index in [-0.39, 0.29) is 5.82 Å². The molecule has 0 amide bonds. The fraction of sp³-hybridized carbons (Fsp3) is 0.444. The smallest absolute Gasteiger partial charge is 0.191 e. The van der Waals surface area contributed by atoms with Gasteiger partial charge in [0.15, 0.2) is 5.16 Å². The number of nitrogens with zero attached hydrogens (tertiary/aromatic N) is 4. The van der Waals surface area contributed by atoms with Crippen molar-refractivity contribution in [2.75, 3.05) is 13.6 Å². The molecule has 0 unspecified atom stereocenters. The minimum atomic E-state index is -0.211. The Bertz CT molecular complexity index is 669. The highest BCUT2D eigenvalue weighted by atomic mass is 32.2. The fourth-order valence-corrected chi connectivity index (χ4v) is 3.47. The minimum Gasteiger partial charge on any atom is -0.301 e. The first-order valence-corrected chi connectivity index (χ1v) is 9.07. The highest BCUT2D eigenvalue weighted by Crippen LogP contribution is 2.23. The Morgan fingerprint density at radius 1 is 1.38 bits per heavy atom. The van der Waals surface area contributed by atoms with Gasteiger partial charge < -0.3 is 4.57 Å². The van der Waals surface area contributed by atoms with Gasteiger partial charge in [-0.15, -0.1) is 16.8 Å². The van der Waals surface area contributed by atoms with Crippen LogP contribution >= 0.6 is 11.8 Å². The summed E-state index contributed by atoms with van der Waals surface area (Å²) in [6.45, 7) is 10.7.